The van der Waals surface area contributed by atoms with Crippen LogP contribution in [0.2, 0.25) is 0 Å². The third-order valence-electron chi connectivity index (χ3n) is 3.09. The molecule has 3 nitrogen and oxygen atoms in total. The maximum Gasteiger partial charge on any atom is 0.130 e. The molecule has 1 heterocycles. The Morgan fingerprint density at radius 2 is 2.18 bits per heavy atom. The van der Waals surface area contributed by atoms with Crippen LogP contribution in [0.25, 0.3) is 10.9 Å². The second-order valence-corrected chi connectivity index (χ2v) is 4.79. The molecule has 0 aliphatic heterocycles. The van der Waals surface area contributed by atoms with Gasteiger partial charge in [0, 0.05) is 22.8 Å². The lowest BCUT2D eigenvalue weighted by Crippen LogP contribution is -2.01. The zero-order chi connectivity index (χ0) is 11.8. The Labute approximate surface area is 101 Å². The Kier molecular flexibility index (Phi) is 2.39. The molecule has 1 aromatic carbocycles. The summed E-state index contributed by atoms with van der Waals surface area (Å²) in [5.41, 5.74) is 8.49. The van der Waals surface area contributed by atoms with Crippen LogP contribution in [0.3, 0.4) is 0 Å². The van der Waals surface area contributed by atoms with Crippen LogP contribution in [0.5, 0.6) is 5.75 Å². The van der Waals surface area contributed by atoms with Crippen LogP contribution in [-0.4, -0.2) is 11.6 Å². The molecule has 3 rings (SSSR count). The second-order valence-electron chi connectivity index (χ2n) is 4.79. The molecule has 1 aromatic heterocycles. The standard InChI is InChI=1S/C14H16N2O/c1-9-6-14(17-8-10-2-3-10)12-7-11(15)4-5-13(12)16-9/h4-7,10H,2-3,8,15H2,1H3. The molecule has 1 saturated carbocycles. The van der Waals surface area contributed by atoms with Gasteiger partial charge in [-0.05, 0) is 43.9 Å². The van der Waals surface area contributed by atoms with E-state index >= 15 is 0 Å². The molecule has 1 aliphatic rings. The number of aromatic nitrogens is 1. The van der Waals surface area contributed by atoms with Gasteiger partial charge in [0.1, 0.15) is 5.75 Å². The van der Waals surface area contributed by atoms with E-state index in [1.807, 2.05) is 31.2 Å². The summed E-state index contributed by atoms with van der Waals surface area (Å²) in [6, 6.07) is 7.75. The first-order valence-corrected chi connectivity index (χ1v) is 6.02. The number of nitrogens with two attached hydrogens (primary N) is 1. The maximum absolute atomic E-state index is 5.88. The summed E-state index contributed by atoms with van der Waals surface area (Å²) in [7, 11) is 0. The fraction of sp³-hybridized carbons (Fsp3) is 0.357. The van der Waals surface area contributed by atoms with Crippen LogP contribution >= 0.6 is 0 Å². The lowest BCUT2D eigenvalue weighted by molar-refractivity contribution is 0.303. The van der Waals surface area contributed by atoms with Crippen molar-refractivity contribution in [1.82, 2.24) is 4.98 Å². The van der Waals surface area contributed by atoms with E-state index in [-0.39, 0.29) is 0 Å². The summed E-state index contributed by atoms with van der Waals surface area (Å²) < 4.78 is 5.88. The van der Waals surface area contributed by atoms with Crippen molar-refractivity contribution >= 4 is 16.6 Å². The molecule has 17 heavy (non-hydrogen) atoms. The number of anilines is 1. The minimum atomic E-state index is 0.749. The molecule has 88 valence electrons. The molecule has 0 amide bonds. The van der Waals surface area contributed by atoms with Gasteiger partial charge in [0.25, 0.3) is 0 Å². The summed E-state index contributed by atoms with van der Waals surface area (Å²) in [6.07, 6.45) is 2.59. The Morgan fingerprint density at radius 3 is 2.94 bits per heavy atom. The number of ether oxygens (including phenoxy) is 1. The molecule has 0 atom stereocenters. The highest BCUT2D eigenvalue weighted by Crippen LogP contribution is 2.32. The van der Waals surface area contributed by atoms with Crippen LogP contribution in [0.4, 0.5) is 5.69 Å². The van der Waals surface area contributed by atoms with Crippen molar-refractivity contribution in [3.05, 3.63) is 30.0 Å². The number of nitrogens with zero attached hydrogens (tertiary/aromatic N) is 1. The van der Waals surface area contributed by atoms with Crippen LogP contribution in [0, 0.1) is 12.8 Å². The summed E-state index contributed by atoms with van der Waals surface area (Å²) in [4.78, 5) is 4.48. The van der Waals surface area contributed by atoms with E-state index < -0.39 is 0 Å². The number of aryl methyl sites for hydroxylation is 1. The fourth-order valence-corrected chi connectivity index (χ4v) is 1.95. The minimum absolute atomic E-state index is 0.749. The average Bonchev–Trinajstić information content (AvgIpc) is 3.10. The van der Waals surface area contributed by atoms with Crippen molar-refractivity contribution in [2.24, 2.45) is 5.92 Å². The minimum Gasteiger partial charge on any atom is -0.493 e. The first-order valence-electron chi connectivity index (χ1n) is 6.02. The van der Waals surface area contributed by atoms with Gasteiger partial charge < -0.3 is 10.5 Å². The van der Waals surface area contributed by atoms with E-state index in [2.05, 4.69) is 4.98 Å². The predicted octanol–water partition coefficient (Wildman–Crippen LogP) is 2.91. The monoisotopic (exact) mass is 228 g/mol. The zero-order valence-electron chi connectivity index (χ0n) is 9.94. The van der Waals surface area contributed by atoms with Gasteiger partial charge in [-0.2, -0.15) is 0 Å². The largest absolute Gasteiger partial charge is 0.493 e. The van der Waals surface area contributed by atoms with Crippen LogP contribution in [0.15, 0.2) is 24.3 Å². The van der Waals surface area contributed by atoms with Gasteiger partial charge >= 0.3 is 0 Å². The highest BCUT2D eigenvalue weighted by Gasteiger charge is 2.22. The quantitative estimate of drug-likeness (QED) is 0.822. The first-order chi connectivity index (χ1) is 8.22. The van der Waals surface area contributed by atoms with Gasteiger partial charge in [0.05, 0.1) is 12.1 Å². The van der Waals surface area contributed by atoms with Gasteiger partial charge in [-0.25, -0.2) is 0 Å². The lowest BCUT2D eigenvalue weighted by atomic mass is 10.1. The fourth-order valence-electron chi connectivity index (χ4n) is 1.95. The highest BCUT2D eigenvalue weighted by atomic mass is 16.5. The number of fused-ring (bicyclic) bond motifs is 1. The Bertz CT molecular complexity index is 561. The molecule has 3 heteroatoms. The molecule has 1 aliphatic carbocycles. The second kappa shape index (κ2) is 3.91. The number of hydrogen-bond acceptors (Lipinski definition) is 3. The Balaban J connectivity index is 2.02. The molecule has 2 N–H and O–H groups in total. The highest BCUT2D eigenvalue weighted by molar-refractivity contribution is 5.87. The average molecular weight is 228 g/mol. The first kappa shape index (κ1) is 10.4. The molecular formula is C14H16N2O. The van der Waals surface area contributed by atoms with Crippen LogP contribution < -0.4 is 10.5 Å². The van der Waals surface area contributed by atoms with Crippen molar-refractivity contribution in [1.29, 1.82) is 0 Å². The third kappa shape index (κ3) is 2.18. The van der Waals surface area contributed by atoms with E-state index in [1.165, 1.54) is 12.8 Å². The molecule has 0 saturated heterocycles. The van der Waals surface area contributed by atoms with Crippen molar-refractivity contribution in [2.75, 3.05) is 12.3 Å². The van der Waals surface area contributed by atoms with Gasteiger partial charge in [-0.3, -0.25) is 4.98 Å². The topological polar surface area (TPSA) is 48.1 Å². The van der Waals surface area contributed by atoms with Crippen LogP contribution in [0.1, 0.15) is 18.5 Å². The van der Waals surface area contributed by atoms with E-state index in [1.54, 1.807) is 0 Å². The van der Waals surface area contributed by atoms with Gasteiger partial charge in [0.15, 0.2) is 0 Å². The molecule has 0 unspecified atom stereocenters. The number of nitrogen functional groups attached to an aromatic ring is 1. The molecule has 1 fully saturated rings. The summed E-state index contributed by atoms with van der Waals surface area (Å²) in [6.45, 7) is 2.80. The van der Waals surface area contributed by atoms with Crippen molar-refractivity contribution in [3.8, 4) is 5.75 Å². The van der Waals surface area contributed by atoms with E-state index in [4.69, 9.17) is 10.5 Å². The maximum atomic E-state index is 5.88. The van der Waals surface area contributed by atoms with E-state index in [0.717, 1.165) is 40.6 Å². The summed E-state index contributed by atoms with van der Waals surface area (Å²) in [5.74, 6) is 1.66. The van der Waals surface area contributed by atoms with Crippen molar-refractivity contribution in [3.63, 3.8) is 0 Å². The predicted molar refractivity (Wildman–Crippen MR) is 69.1 cm³/mol. The Hall–Kier alpha value is -1.77. The van der Waals surface area contributed by atoms with E-state index in [9.17, 15) is 0 Å². The molecular weight excluding hydrogens is 212 g/mol. The normalized spacial score (nSPS) is 15.1. The zero-order valence-corrected chi connectivity index (χ0v) is 9.94. The number of hydrogen-bond donors (Lipinski definition) is 1. The van der Waals surface area contributed by atoms with Gasteiger partial charge in [0.2, 0.25) is 0 Å². The molecule has 0 bridgehead atoms. The lowest BCUT2D eigenvalue weighted by Gasteiger charge is -2.10. The molecule has 0 spiro atoms. The van der Waals surface area contributed by atoms with Gasteiger partial charge in [-0.15, -0.1) is 0 Å². The summed E-state index contributed by atoms with van der Waals surface area (Å²) >= 11 is 0. The van der Waals surface area contributed by atoms with Crippen molar-refractivity contribution in [2.45, 2.75) is 19.8 Å². The molecule has 0 radical (unpaired) electrons. The van der Waals surface area contributed by atoms with Crippen molar-refractivity contribution < 1.29 is 4.74 Å². The SMILES string of the molecule is Cc1cc(OCC2CC2)c2cc(N)ccc2n1. The number of benzene rings is 1. The van der Waals surface area contributed by atoms with Crippen LogP contribution in [-0.2, 0) is 0 Å². The van der Waals surface area contributed by atoms with E-state index in [0.29, 0.717) is 0 Å². The third-order valence-corrected chi connectivity index (χ3v) is 3.09. The number of rotatable bonds is 3. The smallest absolute Gasteiger partial charge is 0.130 e. The molecule has 2 aromatic rings. The Morgan fingerprint density at radius 1 is 1.35 bits per heavy atom. The van der Waals surface area contributed by atoms with Gasteiger partial charge in [-0.1, -0.05) is 0 Å². The number of pyridine rings is 1. The summed E-state index contributed by atoms with van der Waals surface area (Å²) in [5, 5.41) is 1.01.